The van der Waals surface area contributed by atoms with Crippen molar-refractivity contribution >= 4 is 42.9 Å². The normalized spacial score (nSPS) is 11.3. The van der Waals surface area contributed by atoms with Crippen molar-refractivity contribution < 1.29 is 39.4 Å². The molecule has 0 aliphatic heterocycles. The first-order valence-corrected chi connectivity index (χ1v) is 10.7. The minimum atomic E-state index is -3.40. The smallest absolute Gasteiger partial charge is 1.00 e. The molecule has 0 bridgehead atoms. The van der Waals surface area contributed by atoms with Crippen LogP contribution in [0.1, 0.15) is 20.5 Å². The van der Waals surface area contributed by atoms with Gasteiger partial charge in [-0.05, 0) is 36.8 Å². The number of nitrogens with zero attached hydrogens (tertiary/aromatic N) is 2. The van der Waals surface area contributed by atoms with Crippen LogP contribution < -0.4 is 35.1 Å². The summed E-state index contributed by atoms with van der Waals surface area (Å²) in [5.74, 6) is 0. The Balaban J connectivity index is 0.00000182. The van der Waals surface area contributed by atoms with Crippen LogP contribution in [-0.2, 0) is 16.3 Å². The van der Waals surface area contributed by atoms with Crippen molar-refractivity contribution in [3.05, 3.63) is 51.4 Å². The number of benzene rings is 1. The Labute approximate surface area is 184 Å². The van der Waals surface area contributed by atoms with E-state index in [4.69, 9.17) is 11.6 Å². The maximum atomic E-state index is 12.3. The molecule has 26 heavy (non-hydrogen) atoms. The molecule has 0 fully saturated rings. The summed E-state index contributed by atoms with van der Waals surface area (Å²) in [4.78, 5) is 21.0. The third-order valence-electron chi connectivity index (χ3n) is 3.59. The zero-order chi connectivity index (χ0) is 18.2. The molecule has 0 amide bonds. The first-order chi connectivity index (χ1) is 11.8. The quantitative estimate of drug-likeness (QED) is 0.587. The Morgan fingerprint density at radius 3 is 2.58 bits per heavy atom. The van der Waals surface area contributed by atoms with Gasteiger partial charge in [-0.25, -0.2) is 8.42 Å². The summed E-state index contributed by atoms with van der Waals surface area (Å²) in [5, 5.41) is 1.37. The van der Waals surface area contributed by atoms with E-state index in [0.29, 0.717) is 37.9 Å². The molecule has 9 heteroatoms. The van der Waals surface area contributed by atoms with Crippen LogP contribution in [0, 0.1) is 0 Å². The first-order valence-electron chi connectivity index (χ1n) is 7.59. The number of halogens is 1. The number of fused-ring (bicyclic) bond motifs is 1. The Kier molecular flexibility index (Phi) is 6.98. The van der Waals surface area contributed by atoms with E-state index >= 15 is 0 Å². The average Bonchev–Trinajstić information content (AvgIpc) is 2.53. The molecule has 5 nitrogen and oxygen atoms in total. The average molecular weight is 419 g/mol. The number of rotatable bonds is 4. The molecule has 0 aliphatic carbocycles. The van der Waals surface area contributed by atoms with Crippen LogP contribution in [-0.4, -0.2) is 24.6 Å². The molecule has 0 unspecified atom stereocenters. The second-order valence-corrected chi connectivity index (χ2v) is 9.15. The number of pyridine rings is 1. The molecule has 0 spiro atoms. The number of aryl methyl sites for hydroxylation is 1. The third-order valence-corrected chi connectivity index (χ3v) is 5.97. The van der Waals surface area contributed by atoms with Gasteiger partial charge in [-0.1, -0.05) is 24.9 Å². The minimum absolute atomic E-state index is 0. The van der Waals surface area contributed by atoms with E-state index in [-0.39, 0.29) is 41.4 Å². The molecule has 0 N–H and O–H groups in total. The molecule has 2 heterocycles. The van der Waals surface area contributed by atoms with Gasteiger partial charge in [0.25, 0.3) is 5.56 Å². The number of hydrogen-bond donors (Lipinski definition) is 0. The molecule has 0 saturated carbocycles. The van der Waals surface area contributed by atoms with Gasteiger partial charge in [0.2, 0.25) is 0 Å². The fraction of sp³-hybridized carbons (Fsp3) is 0.235. The Hall–Kier alpha value is -0.830. The van der Waals surface area contributed by atoms with Gasteiger partial charge >= 0.3 is 29.6 Å². The van der Waals surface area contributed by atoms with Gasteiger partial charge in [-0.15, -0.1) is 11.3 Å². The van der Waals surface area contributed by atoms with Gasteiger partial charge in [0.05, 0.1) is 10.3 Å². The summed E-state index contributed by atoms with van der Waals surface area (Å²) in [6.45, 7) is 1.99. The van der Waals surface area contributed by atoms with E-state index < -0.39 is 9.84 Å². The SMILES string of the molecule is CCCc1cc(S(C)(=O)=O)cc(-c2nc(=O)c3ccc(Cl)cc3s2)n1.[H-].[Na+]. The maximum absolute atomic E-state index is 12.3. The summed E-state index contributed by atoms with van der Waals surface area (Å²) in [6.07, 6.45) is 2.62. The molecular weight excluding hydrogens is 403 g/mol. The van der Waals surface area contributed by atoms with Gasteiger partial charge in [-0.3, -0.25) is 9.78 Å². The minimum Gasteiger partial charge on any atom is -1.00 e. The van der Waals surface area contributed by atoms with Gasteiger partial charge < -0.3 is 1.43 Å². The summed E-state index contributed by atoms with van der Waals surface area (Å²) in [6, 6.07) is 8.01. The van der Waals surface area contributed by atoms with Gasteiger partial charge in [-0.2, -0.15) is 4.98 Å². The van der Waals surface area contributed by atoms with E-state index in [9.17, 15) is 13.2 Å². The molecule has 3 aromatic rings. The predicted octanol–water partition coefficient (Wildman–Crippen LogP) is 0.844. The third kappa shape index (κ3) is 4.71. The molecule has 132 valence electrons. The number of hydrogen-bond acceptors (Lipinski definition) is 6. The zero-order valence-corrected chi connectivity index (χ0v) is 19.0. The van der Waals surface area contributed by atoms with Crippen molar-refractivity contribution in [3.63, 3.8) is 0 Å². The van der Waals surface area contributed by atoms with Crippen molar-refractivity contribution in [2.24, 2.45) is 0 Å². The molecule has 3 rings (SSSR count). The van der Waals surface area contributed by atoms with E-state index in [0.717, 1.165) is 12.7 Å². The Bertz CT molecular complexity index is 1140. The van der Waals surface area contributed by atoms with Crippen molar-refractivity contribution in [3.8, 4) is 10.7 Å². The van der Waals surface area contributed by atoms with Gasteiger partial charge in [0.1, 0.15) is 10.7 Å². The van der Waals surface area contributed by atoms with E-state index in [2.05, 4.69) is 9.97 Å². The fourth-order valence-corrected chi connectivity index (χ4v) is 4.32. The molecule has 0 saturated heterocycles. The van der Waals surface area contributed by atoms with Crippen molar-refractivity contribution in [1.82, 2.24) is 9.97 Å². The van der Waals surface area contributed by atoms with Crippen LogP contribution in [0.25, 0.3) is 20.8 Å². The molecule has 1 aromatic carbocycles. The van der Waals surface area contributed by atoms with Crippen molar-refractivity contribution in [1.29, 1.82) is 0 Å². The summed E-state index contributed by atoms with van der Waals surface area (Å²) in [7, 11) is -3.40. The van der Waals surface area contributed by atoms with Gasteiger partial charge in [0, 0.05) is 21.7 Å². The predicted molar refractivity (Wildman–Crippen MR) is 102 cm³/mol. The maximum Gasteiger partial charge on any atom is 1.00 e. The Morgan fingerprint density at radius 1 is 1.19 bits per heavy atom. The van der Waals surface area contributed by atoms with Crippen molar-refractivity contribution in [2.45, 2.75) is 24.7 Å². The van der Waals surface area contributed by atoms with Crippen LogP contribution in [0.4, 0.5) is 0 Å². The molecule has 0 atom stereocenters. The van der Waals surface area contributed by atoms with E-state index in [1.54, 1.807) is 24.3 Å². The Morgan fingerprint density at radius 2 is 1.92 bits per heavy atom. The summed E-state index contributed by atoms with van der Waals surface area (Å²) >= 11 is 7.27. The monoisotopic (exact) mass is 418 g/mol. The summed E-state index contributed by atoms with van der Waals surface area (Å²) < 4.78 is 24.6. The molecule has 0 aliphatic rings. The van der Waals surface area contributed by atoms with Crippen LogP contribution in [0.3, 0.4) is 0 Å². The molecule has 2 aromatic heterocycles. The topological polar surface area (TPSA) is 77.0 Å². The zero-order valence-electron chi connectivity index (χ0n) is 15.6. The fourth-order valence-electron chi connectivity index (χ4n) is 2.41. The van der Waals surface area contributed by atoms with Crippen LogP contribution >= 0.6 is 22.9 Å². The second kappa shape index (κ2) is 8.46. The van der Waals surface area contributed by atoms with Gasteiger partial charge in [0.15, 0.2) is 9.84 Å². The number of aromatic nitrogens is 2. The summed E-state index contributed by atoms with van der Waals surface area (Å²) in [5.41, 5.74) is 0.660. The molecule has 0 radical (unpaired) electrons. The number of sulfone groups is 1. The van der Waals surface area contributed by atoms with E-state index in [1.807, 2.05) is 6.92 Å². The largest absolute Gasteiger partial charge is 1.00 e. The van der Waals surface area contributed by atoms with Crippen LogP contribution in [0.5, 0.6) is 0 Å². The van der Waals surface area contributed by atoms with E-state index in [1.165, 1.54) is 17.4 Å². The molecular formula is C17H16ClN2NaO3S2. The second-order valence-electron chi connectivity index (χ2n) is 5.67. The van der Waals surface area contributed by atoms with Crippen LogP contribution in [0.15, 0.2) is 40.0 Å². The first kappa shape index (κ1) is 21.5. The van der Waals surface area contributed by atoms with Crippen LogP contribution in [0.2, 0.25) is 5.02 Å². The van der Waals surface area contributed by atoms with Crippen molar-refractivity contribution in [2.75, 3.05) is 6.26 Å². The standard InChI is InChI=1S/C17H15ClN2O3S2.Na.H/c1-3-4-11-8-12(25(2,22)23)9-14(19-11)17-20-16(21)13-6-5-10(18)7-15(13)24-17;;/h5-9H,3-4H2,1-2H3;;/q;+1;-1.